The molecule has 0 aromatic rings. The minimum absolute atomic E-state index is 0.0442. The third-order valence-electron chi connectivity index (χ3n) is 3.23. The molecular weight excluding hydrogens is 336 g/mol. The first-order valence-electron chi connectivity index (χ1n) is 7.65. The van der Waals surface area contributed by atoms with E-state index in [4.69, 9.17) is 4.74 Å². The lowest BCUT2D eigenvalue weighted by molar-refractivity contribution is -0.122. The van der Waals surface area contributed by atoms with Crippen LogP contribution in [-0.2, 0) is 9.53 Å². The molecule has 0 bridgehead atoms. The fourth-order valence-corrected chi connectivity index (χ4v) is 2.66. The van der Waals surface area contributed by atoms with E-state index in [1.807, 2.05) is 20.8 Å². The zero-order valence-electron chi connectivity index (χ0n) is 13.3. The highest BCUT2D eigenvalue weighted by molar-refractivity contribution is 9.09. The summed E-state index contributed by atoms with van der Waals surface area (Å²) in [6, 6.07) is 0.0442. The van der Waals surface area contributed by atoms with E-state index in [-0.39, 0.29) is 18.0 Å². The molecule has 1 aliphatic heterocycles. The Bertz CT molecular complexity index is 355. The van der Waals surface area contributed by atoms with Gasteiger partial charge in [-0.1, -0.05) is 15.9 Å². The lowest BCUT2D eigenvalue weighted by atomic mass is 10.1. The van der Waals surface area contributed by atoms with Crippen molar-refractivity contribution in [1.29, 1.82) is 0 Å². The van der Waals surface area contributed by atoms with E-state index in [1.54, 1.807) is 4.90 Å². The van der Waals surface area contributed by atoms with Crippen molar-refractivity contribution in [2.75, 3.05) is 18.4 Å². The van der Waals surface area contributed by atoms with Crippen LogP contribution in [-0.4, -0.2) is 47.0 Å². The Labute approximate surface area is 135 Å². The van der Waals surface area contributed by atoms with E-state index in [9.17, 15) is 9.59 Å². The van der Waals surface area contributed by atoms with Gasteiger partial charge < -0.3 is 15.0 Å². The Hall–Kier alpha value is -0.780. The summed E-state index contributed by atoms with van der Waals surface area (Å²) >= 11 is 3.36. The summed E-state index contributed by atoms with van der Waals surface area (Å²) < 4.78 is 5.38. The zero-order valence-corrected chi connectivity index (χ0v) is 14.9. The average Bonchev–Trinajstić information content (AvgIpc) is 2.37. The van der Waals surface area contributed by atoms with E-state index in [0.29, 0.717) is 19.5 Å². The number of halogens is 1. The van der Waals surface area contributed by atoms with Gasteiger partial charge in [-0.3, -0.25) is 4.79 Å². The Morgan fingerprint density at radius 3 is 2.67 bits per heavy atom. The summed E-state index contributed by atoms with van der Waals surface area (Å²) in [7, 11) is 0. The SMILES string of the molecule is CC(C)(C)OC(=O)N1CCC[C@@H](NC(=O)CCCCBr)C1. The van der Waals surface area contributed by atoms with E-state index < -0.39 is 5.60 Å². The van der Waals surface area contributed by atoms with Gasteiger partial charge in [-0.15, -0.1) is 0 Å². The summed E-state index contributed by atoms with van der Waals surface area (Å²) in [6.07, 6.45) is 3.96. The van der Waals surface area contributed by atoms with Crippen molar-refractivity contribution in [3.63, 3.8) is 0 Å². The van der Waals surface area contributed by atoms with Gasteiger partial charge in [0.05, 0.1) is 0 Å². The molecule has 21 heavy (non-hydrogen) atoms. The molecule has 1 saturated heterocycles. The van der Waals surface area contributed by atoms with Gasteiger partial charge in [0.25, 0.3) is 0 Å². The third kappa shape index (κ3) is 7.69. The van der Waals surface area contributed by atoms with Crippen LogP contribution in [0.1, 0.15) is 52.9 Å². The van der Waals surface area contributed by atoms with Gasteiger partial charge in [-0.05, 0) is 46.5 Å². The summed E-state index contributed by atoms with van der Waals surface area (Å²) in [5.74, 6) is 0.0759. The normalized spacial score (nSPS) is 19.2. The second kappa shape index (κ2) is 8.61. The third-order valence-corrected chi connectivity index (χ3v) is 3.79. The van der Waals surface area contributed by atoms with Gasteiger partial charge in [0.1, 0.15) is 5.60 Å². The van der Waals surface area contributed by atoms with Gasteiger partial charge in [0.15, 0.2) is 0 Å². The highest BCUT2D eigenvalue weighted by atomic mass is 79.9. The van der Waals surface area contributed by atoms with Crippen molar-refractivity contribution in [1.82, 2.24) is 10.2 Å². The minimum atomic E-state index is -0.483. The lowest BCUT2D eigenvalue weighted by Crippen LogP contribution is -2.50. The van der Waals surface area contributed by atoms with Crippen molar-refractivity contribution in [3.05, 3.63) is 0 Å². The molecule has 1 fully saturated rings. The molecule has 1 heterocycles. The molecule has 0 aliphatic carbocycles. The molecule has 1 rings (SSSR count). The number of unbranched alkanes of at least 4 members (excludes halogenated alkanes) is 1. The van der Waals surface area contributed by atoms with Crippen LogP contribution in [0.5, 0.6) is 0 Å². The molecule has 1 aliphatic rings. The number of alkyl halides is 1. The molecule has 2 amide bonds. The molecule has 5 nitrogen and oxygen atoms in total. The van der Waals surface area contributed by atoms with Crippen LogP contribution < -0.4 is 5.32 Å². The van der Waals surface area contributed by atoms with E-state index >= 15 is 0 Å². The first-order chi connectivity index (χ1) is 9.81. The number of hydrogen-bond acceptors (Lipinski definition) is 3. The minimum Gasteiger partial charge on any atom is -0.444 e. The molecule has 0 aromatic carbocycles. The Kier molecular flexibility index (Phi) is 7.49. The molecule has 0 radical (unpaired) electrons. The largest absolute Gasteiger partial charge is 0.444 e. The predicted molar refractivity (Wildman–Crippen MR) is 86.6 cm³/mol. The van der Waals surface area contributed by atoms with Crippen molar-refractivity contribution >= 4 is 27.9 Å². The highest BCUT2D eigenvalue weighted by Crippen LogP contribution is 2.15. The summed E-state index contributed by atoms with van der Waals surface area (Å²) in [5.41, 5.74) is -0.483. The number of carbonyl (C=O) groups excluding carboxylic acids is 2. The van der Waals surface area contributed by atoms with Crippen molar-refractivity contribution in [2.45, 2.75) is 64.5 Å². The molecule has 0 spiro atoms. The summed E-state index contributed by atoms with van der Waals surface area (Å²) in [6.45, 7) is 6.82. The van der Waals surface area contributed by atoms with Crippen molar-refractivity contribution in [2.24, 2.45) is 0 Å². The Morgan fingerprint density at radius 2 is 2.05 bits per heavy atom. The lowest BCUT2D eigenvalue weighted by Gasteiger charge is -2.34. The van der Waals surface area contributed by atoms with Crippen molar-refractivity contribution < 1.29 is 14.3 Å². The second-order valence-corrected chi connectivity index (χ2v) is 7.27. The number of ether oxygens (including phenoxy) is 1. The maximum absolute atomic E-state index is 12.0. The second-order valence-electron chi connectivity index (χ2n) is 6.48. The van der Waals surface area contributed by atoms with Crippen LogP contribution in [0.4, 0.5) is 4.79 Å². The number of nitrogens with zero attached hydrogens (tertiary/aromatic N) is 1. The summed E-state index contributed by atoms with van der Waals surface area (Å²) in [4.78, 5) is 25.6. The Balaban J connectivity index is 2.38. The number of hydrogen-bond donors (Lipinski definition) is 1. The standard InChI is InChI=1S/C15H27BrN2O3/c1-15(2,3)21-14(20)18-10-6-7-12(11-18)17-13(19)8-4-5-9-16/h12H,4-11H2,1-3H3,(H,17,19)/t12-/m1/s1. The van der Waals surface area contributed by atoms with Crippen LogP contribution >= 0.6 is 15.9 Å². The highest BCUT2D eigenvalue weighted by Gasteiger charge is 2.28. The predicted octanol–water partition coefficient (Wildman–Crippen LogP) is 3.07. The molecule has 0 saturated carbocycles. The molecular formula is C15H27BrN2O3. The first kappa shape index (κ1) is 18.3. The van der Waals surface area contributed by atoms with Crippen LogP contribution in [0.15, 0.2) is 0 Å². The molecule has 0 unspecified atom stereocenters. The fourth-order valence-electron chi connectivity index (χ4n) is 2.27. The number of likely N-dealkylation sites (tertiary alicyclic amines) is 1. The monoisotopic (exact) mass is 362 g/mol. The molecule has 1 N–H and O–H groups in total. The quantitative estimate of drug-likeness (QED) is 0.603. The van der Waals surface area contributed by atoms with Gasteiger partial charge in [-0.25, -0.2) is 4.79 Å². The number of piperidine rings is 1. The maximum Gasteiger partial charge on any atom is 0.410 e. The zero-order chi connectivity index (χ0) is 15.9. The number of nitrogens with one attached hydrogen (secondary N) is 1. The van der Waals surface area contributed by atoms with Crippen molar-refractivity contribution in [3.8, 4) is 0 Å². The number of carbonyl (C=O) groups is 2. The number of amides is 2. The first-order valence-corrected chi connectivity index (χ1v) is 8.77. The van der Waals surface area contributed by atoms with E-state index in [1.165, 1.54) is 0 Å². The van der Waals surface area contributed by atoms with Crippen LogP contribution in [0.25, 0.3) is 0 Å². The molecule has 1 atom stereocenters. The summed E-state index contributed by atoms with van der Waals surface area (Å²) in [5, 5.41) is 3.95. The molecule has 0 aromatic heterocycles. The average molecular weight is 363 g/mol. The van der Waals surface area contributed by atoms with Gasteiger partial charge in [0.2, 0.25) is 5.91 Å². The van der Waals surface area contributed by atoms with Crippen LogP contribution in [0, 0.1) is 0 Å². The Morgan fingerprint density at radius 1 is 1.33 bits per heavy atom. The van der Waals surface area contributed by atoms with E-state index in [2.05, 4.69) is 21.2 Å². The van der Waals surface area contributed by atoms with Crippen LogP contribution in [0.3, 0.4) is 0 Å². The van der Waals surface area contributed by atoms with Gasteiger partial charge in [-0.2, -0.15) is 0 Å². The van der Waals surface area contributed by atoms with Crippen LogP contribution in [0.2, 0.25) is 0 Å². The maximum atomic E-state index is 12.0. The molecule has 122 valence electrons. The topological polar surface area (TPSA) is 58.6 Å². The number of rotatable bonds is 5. The fraction of sp³-hybridized carbons (Fsp3) is 0.867. The van der Waals surface area contributed by atoms with Gasteiger partial charge >= 0.3 is 6.09 Å². The van der Waals surface area contributed by atoms with E-state index in [0.717, 1.165) is 31.0 Å². The smallest absolute Gasteiger partial charge is 0.410 e. The van der Waals surface area contributed by atoms with Gasteiger partial charge in [0, 0.05) is 30.9 Å². The molecule has 6 heteroatoms.